The molecule has 0 aliphatic rings. The summed E-state index contributed by atoms with van der Waals surface area (Å²) in [5.41, 5.74) is 1.79. The molecular formula is C11H11NO. The average molecular weight is 173 g/mol. The van der Waals surface area contributed by atoms with E-state index >= 15 is 0 Å². The molecule has 0 amide bonds. The number of oxazole rings is 1. The van der Waals surface area contributed by atoms with Crippen molar-refractivity contribution in [2.24, 2.45) is 0 Å². The summed E-state index contributed by atoms with van der Waals surface area (Å²) in [6.45, 7) is 3.66. The molecule has 66 valence electrons. The number of hydrogen-bond donors (Lipinski definition) is 0. The molecular weight excluding hydrogens is 162 g/mol. The minimum absolute atomic E-state index is 0.793. The van der Waals surface area contributed by atoms with Crippen LogP contribution in [0.3, 0.4) is 0 Å². The van der Waals surface area contributed by atoms with E-state index in [1.165, 1.54) is 0 Å². The third-order valence-electron chi connectivity index (χ3n) is 1.90. The molecule has 0 aliphatic heterocycles. The molecule has 2 aromatic rings. The molecule has 1 aromatic carbocycles. The molecule has 0 saturated heterocycles. The molecule has 0 aliphatic carbocycles. The maximum absolute atomic E-state index is 5.51. The van der Waals surface area contributed by atoms with Crippen molar-refractivity contribution in [2.45, 2.75) is 12.8 Å². The Morgan fingerprint density at radius 3 is 3.00 bits per heavy atom. The Kier molecular flexibility index (Phi) is 2.13. The lowest BCUT2D eigenvalue weighted by atomic mass is 10.3. The number of rotatable bonds is 3. The maximum atomic E-state index is 5.51. The van der Waals surface area contributed by atoms with E-state index in [1.54, 1.807) is 0 Å². The van der Waals surface area contributed by atoms with E-state index in [0.29, 0.717) is 0 Å². The number of hydrogen-bond acceptors (Lipinski definition) is 2. The fourth-order valence-electron chi connectivity index (χ4n) is 1.25. The van der Waals surface area contributed by atoms with Gasteiger partial charge in [0.05, 0.1) is 0 Å². The van der Waals surface area contributed by atoms with Gasteiger partial charge in [-0.3, -0.25) is 0 Å². The van der Waals surface area contributed by atoms with Crippen molar-refractivity contribution < 1.29 is 4.42 Å². The summed E-state index contributed by atoms with van der Waals surface area (Å²) in [6, 6.07) is 7.79. The molecule has 2 rings (SSSR count). The van der Waals surface area contributed by atoms with Crippen molar-refractivity contribution in [1.82, 2.24) is 4.98 Å². The Balaban J connectivity index is 2.32. The molecule has 1 heterocycles. The van der Waals surface area contributed by atoms with Crippen LogP contribution in [0.5, 0.6) is 0 Å². The van der Waals surface area contributed by atoms with E-state index in [2.05, 4.69) is 11.6 Å². The Bertz CT molecular complexity index is 384. The molecule has 0 N–H and O–H groups in total. The van der Waals surface area contributed by atoms with Crippen LogP contribution in [0.15, 0.2) is 41.3 Å². The first-order valence-electron chi connectivity index (χ1n) is 4.35. The van der Waals surface area contributed by atoms with Crippen molar-refractivity contribution in [3.8, 4) is 0 Å². The van der Waals surface area contributed by atoms with E-state index in [4.69, 9.17) is 4.42 Å². The number of allylic oxidation sites excluding steroid dienone is 1. The van der Waals surface area contributed by atoms with Gasteiger partial charge in [0.2, 0.25) is 0 Å². The SMILES string of the molecule is C=CCCc1nc2ccccc2o1. The van der Waals surface area contributed by atoms with Crippen LogP contribution in [0.25, 0.3) is 11.1 Å². The first-order chi connectivity index (χ1) is 6.40. The molecule has 0 bridgehead atoms. The topological polar surface area (TPSA) is 26.0 Å². The van der Waals surface area contributed by atoms with Gasteiger partial charge in [-0.1, -0.05) is 18.2 Å². The van der Waals surface area contributed by atoms with Crippen LogP contribution in [0.1, 0.15) is 12.3 Å². The van der Waals surface area contributed by atoms with Crippen LogP contribution >= 0.6 is 0 Å². The predicted octanol–water partition coefficient (Wildman–Crippen LogP) is 2.95. The third-order valence-corrected chi connectivity index (χ3v) is 1.90. The van der Waals surface area contributed by atoms with Crippen molar-refractivity contribution in [3.63, 3.8) is 0 Å². The Morgan fingerprint density at radius 1 is 1.38 bits per heavy atom. The van der Waals surface area contributed by atoms with Crippen LogP contribution in [0.4, 0.5) is 0 Å². The first kappa shape index (κ1) is 8.05. The molecule has 2 nitrogen and oxygen atoms in total. The fourth-order valence-corrected chi connectivity index (χ4v) is 1.25. The van der Waals surface area contributed by atoms with Gasteiger partial charge in [0.15, 0.2) is 11.5 Å². The molecule has 0 fully saturated rings. The van der Waals surface area contributed by atoms with Gasteiger partial charge < -0.3 is 4.42 Å². The molecule has 0 unspecified atom stereocenters. The number of nitrogens with zero attached hydrogens (tertiary/aromatic N) is 1. The minimum atomic E-state index is 0.793. The summed E-state index contributed by atoms with van der Waals surface area (Å²) in [5.74, 6) is 0.793. The van der Waals surface area contributed by atoms with Crippen molar-refractivity contribution in [3.05, 3.63) is 42.8 Å². The quantitative estimate of drug-likeness (QED) is 0.667. The van der Waals surface area contributed by atoms with Crippen LogP contribution < -0.4 is 0 Å². The number of para-hydroxylation sites is 2. The molecule has 0 atom stereocenters. The monoisotopic (exact) mass is 173 g/mol. The van der Waals surface area contributed by atoms with Crippen LogP contribution in [-0.4, -0.2) is 4.98 Å². The van der Waals surface area contributed by atoms with E-state index in [9.17, 15) is 0 Å². The average Bonchev–Trinajstić information content (AvgIpc) is 2.57. The molecule has 0 saturated carbocycles. The van der Waals surface area contributed by atoms with Crippen molar-refractivity contribution in [1.29, 1.82) is 0 Å². The number of aryl methyl sites for hydroxylation is 1. The third kappa shape index (κ3) is 1.61. The normalized spacial score (nSPS) is 10.5. The van der Waals surface area contributed by atoms with E-state index in [1.807, 2.05) is 30.3 Å². The zero-order valence-corrected chi connectivity index (χ0v) is 7.36. The van der Waals surface area contributed by atoms with Crippen molar-refractivity contribution in [2.75, 3.05) is 0 Å². The van der Waals surface area contributed by atoms with Gasteiger partial charge in [-0.05, 0) is 18.6 Å². The summed E-state index contributed by atoms with van der Waals surface area (Å²) >= 11 is 0. The lowest BCUT2D eigenvalue weighted by molar-refractivity contribution is 0.530. The van der Waals surface area contributed by atoms with E-state index < -0.39 is 0 Å². The summed E-state index contributed by atoms with van der Waals surface area (Å²) in [4.78, 5) is 4.34. The second-order valence-electron chi connectivity index (χ2n) is 2.90. The molecule has 0 spiro atoms. The second-order valence-corrected chi connectivity index (χ2v) is 2.90. The lowest BCUT2D eigenvalue weighted by Gasteiger charge is -1.86. The van der Waals surface area contributed by atoms with Gasteiger partial charge in [0, 0.05) is 6.42 Å². The summed E-state index contributed by atoms with van der Waals surface area (Å²) < 4.78 is 5.51. The highest BCUT2D eigenvalue weighted by Gasteiger charge is 2.02. The fraction of sp³-hybridized carbons (Fsp3) is 0.182. The predicted molar refractivity (Wildman–Crippen MR) is 52.5 cm³/mol. The van der Waals surface area contributed by atoms with Crippen LogP contribution in [0, 0.1) is 0 Å². The molecule has 2 heteroatoms. The van der Waals surface area contributed by atoms with E-state index in [0.717, 1.165) is 29.8 Å². The van der Waals surface area contributed by atoms with Gasteiger partial charge in [-0.25, -0.2) is 4.98 Å². The van der Waals surface area contributed by atoms with Gasteiger partial charge in [-0.2, -0.15) is 0 Å². The summed E-state index contributed by atoms with van der Waals surface area (Å²) in [5, 5.41) is 0. The van der Waals surface area contributed by atoms with Gasteiger partial charge in [0.1, 0.15) is 5.52 Å². The number of aromatic nitrogens is 1. The highest BCUT2D eigenvalue weighted by molar-refractivity contribution is 5.72. The minimum Gasteiger partial charge on any atom is -0.441 e. The lowest BCUT2D eigenvalue weighted by Crippen LogP contribution is -1.80. The summed E-state index contributed by atoms with van der Waals surface area (Å²) in [7, 11) is 0. The largest absolute Gasteiger partial charge is 0.441 e. The molecule has 13 heavy (non-hydrogen) atoms. The number of fused-ring (bicyclic) bond motifs is 1. The Hall–Kier alpha value is -1.57. The summed E-state index contributed by atoms with van der Waals surface area (Å²) in [6.07, 6.45) is 3.61. The smallest absolute Gasteiger partial charge is 0.195 e. The van der Waals surface area contributed by atoms with Crippen molar-refractivity contribution >= 4 is 11.1 Å². The first-order valence-corrected chi connectivity index (χ1v) is 4.35. The Labute approximate surface area is 76.9 Å². The maximum Gasteiger partial charge on any atom is 0.195 e. The van der Waals surface area contributed by atoms with Crippen LogP contribution in [-0.2, 0) is 6.42 Å². The molecule has 1 aromatic heterocycles. The zero-order chi connectivity index (χ0) is 9.10. The highest BCUT2D eigenvalue weighted by Crippen LogP contribution is 2.15. The van der Waals surface area contributed by atoms with E-state index in [-0.39, 0.29) is 0 Å². The van der Waals surface area contributed by atoms with Gasteiger partial charge in [-0.15, -0.1) is 6.58 Å². The van der Waals surface area contributed by atoms with Gasteiger partial charge >= 0.3 is 0 Å². The van der Waals surface area contributed by atoms with Gasteiger partial charge in [0.25, 0.3) is 0 Å². The highest BCUT2D eigenvalue weighted by atomic mass is 16.3. The zero-order valence-electron chi connectivity index (χ0n) is 7.36. The second kappa shape index (κ2) is 3.44. The number of benzene rings is 1. The Morgan fingerprint density at radius 2 is 2.23 bits per heavy atom. The van der Waals surface area contributed by atoms with Crippen LogP contribution in [0.2, 0.25) is 0 Å². The molecule has 0 radical (unpaired) electrons. The standard InChI is InChI=1S/C11H11NO/c1-2-3-8-11-12-9-6-4-5-7-10(9)13-11/h2,4-7H,1,3,8H2.